The van der Waals surface area contributed by atoms with Crippen molar-refractivity contribution >= 4 is 35.7 Å². The van der Waals surface area contributed by atoms with Crippen LogP contribution in [-0.4, -0.2) is 13.3 Å². The second-order valence-corrected chi connectivity index (χ2v) is 14.8. The summed E-state index contributed by atoms with van der Waals surface area (Å²) < 4.78 is 0. The van der Waals surface area contributed by atoms with Crippen LogP contribution < -0.4 is 21.2 Å². The molecular formula is C28H28P2+2. The van der Waals surface area contributed by atoms with Gasteiger partial charge in [0.2, 0.25) is 0 Å². The maximum Gasteiger partial charge on any atom is 0.105 e. The smallest absolute Gasteiger partial charge is 0.0620 e. The van der Waals surface area contributed by atoms with Gasteiger partial charge in [-0.1, -0.05) is 72.8 Å². The second kappa shape index (κ2) is 9.09. The Hall–Kier alpha value is -2.52. The van der Waals surface area contributed by atoms with Crippen molar-refractivity contribution in [2.45, 2.75) is 0 Å². The molecule has 0 aliphatic rings. The average molecular weight is 426 g/mol. The first kappa shape index (κ1) is 20.7. The Bertz CT molecular complexity index is 918. The molecule has 148 valence electrons. The largest absolute Gasteiger partial charge is 0.105 e. The van der Waals surface area contributed by atoms with Crippen LogP contribution in [-0.2, 0) is 0 Å². The highest BCUT2D eigenvalue weighted by molar-refractivity contribution is 7.94. The molecule has 2 heteroatoms. The van der Waals surface area contributed by atoms with Crippen molar-refractivity contribution in [3.63, 3.8) is 0 Å². The van der Waals surface area contributed by atoms with Crippen molar-refractivity contribution in [2.24, 2.45) is 0 Å². The lowest BCUT2D eigenvalue weighted by Gasteiger charge is -2.22. The van der Waals surface area contributed by atoms with Gasteiger partial charge in [-0.15, -0.1) is 0 Å². The second-order valence-electron chi connectivity index (χ2n) is 7.79. The fourth-order valence-corrected chi connectivity index (χ4v) is 10.4. The monoisotopic (exact) mass is 426 g/mol. The summed E-state index contributed by atoms with van der Waals surface area (Å²) in [4.78, 5) is 0. The van der Waals surface area contributed by atoms with Crippen LogP contribution in [0, 0.1) is 0 Å². The minimum Gasteiger partial charge on any atom is -0.0620 e. The highest BCUT2D eigenvalue weighted by Gasteiger charge is 2.40. The van der Waals surface area contributed by atoms with Gasteiger partial charge < -0.3 is 0 Å². The van der Waals surface area contributed by atoms with Crippen molar-refractivity contribution in [1.82, 2.24) is 0 Å². The van der Waals surface area contributed by atoms with Gasteiger partial charge in [0, 0.05) is 0 Å². The van der Waals surface area contributed by atoms with Gasteiger partial charge in [0.1, 0.15) is 47.4 Å². The van der Waals surface area contributed by atoms with Crippen LogP contribution in [0.1, 0.15) is 0 Å². The van der Waals surface area contributed by atoms with Crippen molar-refractivity contribution < 1.29 is 0 Å². The molecule has 0 saturated carbocycles. The molecule has 30 heavy (non-hydrogen) atoms. The van der Waals surface area contributed by atoms with Crippen LogP contribution in [0.25, 0.3) is 0 Å². The van der Waals surface area contributed by atoms with Crippen LogP contribution in [0.4, 0.5) is 0 Å². The van der Waals surface area contributed by atoms with E-state index in [-0.39, 0.29) is 0 Å². The van der Waals surface area contributed by atoms with Gasteiger partial charge in [-0.25, -0.2) is 0 Å². The summed E-state index contributed by atoms with van der Waals surface area (Å²) in [6.07, 6.45) is 0. The van der Waals surface area contributed by atoms with Crippen LogP contribution >= 0.6 is 14.5 Å². The molecule has 4 aromatic rings. The third-order valence-corrected chi connectivity index (χ3v) is 13.0. The van der Waals surface area contributed by atoms with Gasteiger partial charge in [0.15, 0.2) is 0 Å². The van der Waals surface area contributed by atoms with Crippen molar-refractivity contribution in [2.75, 3.05) is 13.3 Å². The maximum absolute atomic E-state index is 2.55. The van der Waals surface area contributed by atoms with E-state index in [9.17, 15) is 0 Å². The molecule has 0 radical (unpaired) electrons. The van der Waals surface area contributed by atoms with E-state index < -0.39 is 14.5 Å². The van der Waals surface area contributed by atoms with E-state index in [0.29, 0.717) is 0 Å². The van der Waals surface area contributed by atoms with Crippen LogP contribution in [0.15, 0.2) is 133 Å². The zero-order valence-corrected chi connectivity index (χ0v) is 19.4. The Morgan fingerprint density at radius 3 is 0.767 bits per heavy atom. The molecular weight excluding hydrogens is 398 g/mol. The quantitative estimate of drug-likeness (QED) is 0.329. The summed E-state index contributed by atoms with van der Waals surface area (Å²) >= 11 is 0. The zero-order valence-electron chi connectivity index (χ0n) is 17.6. The van der Waals surface area contributed by atoms with Crippen LogP contribution in [0.5, 0.6) is 0 Å². The molecule has 4 aromatic carbocycles. The average Bonchev–Trinajstić information content (AvgIpc) is 2.84. The molecule has 0 saturated heterocycles. The number of hydrogen-bond acceptors (Lipinski definition) is 0. The van der Waals surface area contributed by atoms with E-state index in [4.69, 9.17) is 0 Å². The minimum absolute atomic E-state index is 1.42. The van der Waals surface area contributed by atoms with Gasteiger partial charge >= 0.3 is 0 Å². The van der Waals surface area contributed by atoms with Crippen molar-refractivity contribution in [1.29, 1.82) is 0 Å². The molecule has 0 spiro atoms. The molecule has 4 rings (SSSR count). The molecule has 0 nitrogen and oxygen atoms in total. The predicted octanol–water partition coefficient (Wildman–Crippen LogP) is 6.05. The summed E-state index contributed by atoms with van der Waals surface area (Å²) in [7, 11) is -3.33. The van der Waals surface area contributed by atoms with Crippen LogP contribution in [0.2, 0.25) is 0 Å². The summed E-state index contributed by atoms with van der Waals surface area (Å²) in [6, 6.07) is 44.0. The Morgan fingerprint density at radius 2 is 0.567 bits per heavy atom. The van der Waals surface area contributed by atoms with E-state index >= 15 is 0 Å². The van der Waals surface area contributed by atoms with E-state index in [1.165, 1.54) is 21.2 Å². The molecule has 0 unspecified atom stereocenters. The molecule has 0 N–H and O–H groups in total. The standard InChI is InChI=1S/C28H28P2/c1-29(25-15-7-3-8-16-25,26-17-9-4-10-18-26)23-24-30(2,27-19-11-5-12-20-27)28-21-13-6-14-22-28/h3-24H,1-2H3/q+2/b24-23+. The van der Waals surface area contributed by atoms with Gasteiger partial charge in [0.05, 0.1) is 13.3 Å². The lowest BCUT2D eigenvalue weighted by Crippen LogP contribution is -2.22. The van der Waals surface area contributed by atoms with Crippen molar-refractivity contribution in [3.8, 4) is 0 Å². The number of benzene rings is 4. The van der Waals surface area contributed by atoms with Crippen LogP contribution in [0.3, 0.4) is 0 Å². The molecule has 0 atom stereocenters. The maximum atomic E-state index is 2.55. The molecule has 0 heterocycles. The minimum atomic E-state index is -1.66. The third-order valence-electron chi connectivity index (χ3n) is 5.83. The summed E-state index contributed by atoms with van der Waals surface area (Å²) in [5.74, 6) is 5.09. The molecule has 0 aromatic heterocycles. The first-order valence-electron chi connectivity index (χ1n) is 10.3. The van der Waals surface area contributed by atoms with E-state index in [1.807, 2.05) is 0 Å². The highest BCUT2D eigenvalue weighted by atomic mass is 31.2. The normalized spacial score (nSPS) is 12.2. The Kier molecular flexibility index (Phi) is 6.29. The highest BCUT2D eigenvalue weighted by Crippen LogP contribution is 2.61. The zero-order chi connectivity index (χ0) is 20.9. The molecule has 0 amide bonds. The molecule has 0 aliphatic heterocycles. The molecule has 0 aliphatic carbocycles. The third kappa shape index (κ3) is 4.17. The first-order valence-corrected chi connectivity index (χ1v) is 14.9. The summed E-state index contributed by atoms with van der Waals surface area (Å²) in [5, 5.41) is 5.67. The fraction of sp³-hybridized carbons (Fsp3) is 0.0714. The lowest BCUT2D eigenvalue weighted by molar-refractivity contribution is 1.73. The van der Waals surface area contributed by atoms with Crippen molar-refractivity contribution in [3.05, 3.63) is 133 Å². The fourth-order valence-electron chi connectivity index (χ4n) is 3.86. The van der Waals surface area contributed by atoms with Gasteiger partial charge in [-0.3, -0.25) is 0 Å². The van der Waals surface area contributed by atoms with E-state index in [1.54, 1.807) is 0 Å². The van der Waals surface area contributed by atoms with Gasteiger partial charge in [-0.05, 0) is 48.5 Å². The predicted molar refractivity (Wildman–Crippen MR) is 139 cm³/mol. The van der Waals surface area contributed by atoms with E-state index in [2.05, 4.69) is 146 Å². The van der Waals surface area contributed by atoms with E-state index in [0.717, 1.165) is 0 Å². The molecule has 0 fully saturated rings. The number of hydrogen-bond donors (Lipinski definition) is 0. The SMILES string of the molecule is C[P+](/C=C/[P+](C)(c1ccccc1)c1ccccc1)(c1ccccc1)c1ccccc1. The lowest BCUT2D eigenvalue weighted by atomic mass is 10.4. The summed E-state index contributed by atoms with van der Waals surface area (Å²) in [6.45, 7) is 4.88. The number of rotatable bonds is 6. The summed E-state index contributed by atoms with van der Waals surface area (Å²) in [5.41, 5.74) is 0. The Labute approximate surface area is 182 Å². The Balaban J connectivity index is 1.87. The first-order chi connectivity index (χ1) is 14.6. The Morgan fingerprint density at radius 1 is 0.367 bits per heavy atom. The van der Waals surface area contributed by atoms with Gasteiger partial charge in [0.25, 0.3) is 0 Å². The molecule has 0 bridgehead atoms. The van der Waals surface area contributed by atoms with Gasteiger partial charge in [-0.2, -0.15) is 0 Å². The topological polar surface area (TPSA) is 0 Å².